The van der Waals surface area contributed by atoms with E-state index in [-0.39, 0.29) is 10.7 Å². The fourth-order valence-electron chi connectivity index (χ4n) is 2.80. The second-order valence-corrected chi connectivity index (χ2v) is 6.86. The van der Waals surface area contributed by atoms with Crippen molar-refractivity contribution in [3.8, 4) is 0 Å². The van der Waals surface area contributed by atoms with E-state index < -0.39 is 0 Å². The molecule has 0 saturated carbocycles. The topological polar surface area (TPSA) is 29.1 Å². The van der Waals surface area contributed by atoms with E-state index in [1.165, 1.54) is 16.7 Å². The van der Waals surface area contributed by atoms with Crippen LogP contribution in [0.1, 0.15) is 32.6 Å². The Labute approximate surface area is 137 Å². The van der Waals surface area contributed by atoms with Crippen LogP contribution in [0.5, 0.6) is 0 Å². The molecular weight excluding hydrogens is 350 g/mol. The summed E-state index contributed by atoms with van der Waals surface area (Å²) in [5.41, 5.74) is 6.46. The molecular formula is C17H15BrClNO. The standard InChI is InChI=1S/C17H15BrClNO/c1-9-3-10(2)5-12(4-9)17(18)13-6-11-7-16(21)20-15(11)8-14(13)19/h3-6,8,17H,7H2,1-2H3,(H,20,21). The van der Waals surface area contributed by atoms with Gasteiger partial charge in [0.2, 0.25) is 5.91 Å². The molecule has 0 radical (unpaired) electrons. The summed E-state index contributed by atoms with van der Waals surface area (Å²) < 4.78 is 0. The molecule has 21 heavy (non-hydrogen) atoms. The lowest BCUT2D eigenvalue weighted by Crippen LogP contribution is -2.03. The first-order valence-electron chi connectivity index (χ1n) is 6.78. The molecule has 0 bridgehead atoms. The Hall–Kier alpha value is -1.32. The highest BCUT2D eigenvalue weighted by atomic mass is 79.9. The van der Waals surface area contributed by atoms with Crippen molar-refractivity contribution in [3.63, 3.8) is 0 Å². The van der Waals surface area contributed by atoms with Crippen LogP contribution in [-0.2, 0) is 11.2 Å². The third kappa shape index (κ3) is 2.85. The van der Waals surface area contributed by atoms with E-state index >= 15 is 0 Å². The minimum absolute atomic E-state index is 0.0182. The molecule has 3 rings (SSSR count). The van der Waals surface area contributed by atoms with Crippen molar-refractivity contribution >= 4 is 39.1 Å². The number of carbonyl (C=O) groups excluding carboxylic acids is 1. The number of hydrogen-bond donors (Lipinski definition) is 1. The average molecular weight is 365 g/mol. The molecule has 0 aromatic heterocycles. The average Bonchev–Trinajstić information content (AvgIpc) is 2.75. The SMILES string of the molecule is Cc1cc(C)cc(C(Br)c2cc3c(cc2Cl)NC(=O)C3)c1. The van der Waals surface area contributed by atoms with Crippen molar-refractivity contribution in [3.05, 3.63) is 63.2 Å². The third-order valence-corrected chi connectivity index (χ3v) is 5.01. The van der Waals surface area contributed by atoms with Crippen molar-refractivity contribution < 1.29 is 4.79 Å². The molecule has 2 aromatic rings. The molecule has 1 unspecified atom stereocenters. The number of anilines is 1. The van der Waals surface area contributed by atoms with Gasteiger partial charge in [-0.1, -0.05) is 62.9 Å². The first-order valence-corrected chi connectivity index (χ1v) is 8.08. The minimum atomic E-state index is 0.0182. The van der Waals surface area contributed by atoms with Crippen LogP contribution in [0, 0.1) is 13.8 Å². The van der Waals surface area contributed by atoms with E-state index in [1.54, 1.807) is 0 Å². The summed E-state index contributed by atoms with van der Waals surface area (Å²) in [6, 6.07) is 10.3. The van der Waals surface area contributed by atoms with Crippen molar-refractivity contribution in [2.24, 2.45) is 0 Å². The Kier molecular flexibility index (Phi) is 3.80. The van der Waals surface area contributed by atoms with E-state index in [9.17, 15) is 4.79 Å². The number of alkyl halides is 1. The zero-order chi connectivity index (χ0) is 15.1. The molecule has 4 heteroatoms. The third-order valence-electron chi connectivity index (χ3n) is 3.66. The highest BCUT2D eigenvalue weighted by Gasteiger charge is 2.22. The zero-order valence-electron chi connectivity index (χ0n) is 11.8. The molecule has 0 spiro atoms. The van der Waals surface area contributed by atoms with Crippen LogP contribution >= 0.6 is 27.5 Å². The van der Waals surface area contributed by atoms with Crippen molar-refractivity contribution in [2.45, 2.75) is 25.1 Å². The van der Waals surface area contributed by atoms with Gasteiger partial charge in [0.25, 0.3) is 0 Å². The van der Waals surface area contributed by atoms with Gasteiger partial charge in [-0.2, -0.15) is 0 Å². The lowest BCUT2D eigenvalue weighted by molar-refractivity contribution is -0.115. The Balaban J connectivity index is 2.04. The van der Waals surface area contributed by atoms with Gasteiger partial charge in [0, 0.05) is 10.7 Å². The summed E-state index contributed by atoms with van der Waals surface area (Å²) in [5.74, 6) is 0.0238. The number of rotatable bonds is 2. The zero-order valence-corrected chi connectivity index (χ0v) is 14.2. The fraction of sp³-hybridized carbons (Fsp3) is 0.235. The molecule has 0 aliphatic carbocycles. The molecule has 0 saturated heterocycles. The van der Waals surface area contributed by atoms with Crippen LogP contribution in [0.25, 0.3) is 0 Å². The van der Waals surface area contributed by atoms with Gasteiger partial charge in [-0.15, -0.1) is 0 Å². The quantitative estimate of drug-likeness (QED) is 0.752. The number of halogens is 2. The van der Waals surface area contributed by atoms with Crippen molar-refractivity contribution in [1.29, 1.82) is 0 Å². The van der Waals surface area contributed by atoms with E-state index in [0.29, 0.717) is 11.4 Å². The summed E-state index contributed by atoms with van der Waals surface area (Å²) in [4.78, 5) is 11.5. The van der Waals surface area contributed by atoms with Crippen LogP contribution in [0.3, 0.4) is 0 Å². The lowest BCUT2D eigenvalue weighted by Gasteiger charge is -2.15. The molecule has 1 N–H and O–H groups in total. The van der Waals surface area contributed by atoms with Gasteiger partial charge in [0.1, 0.15) is 0 Å². The molecule has 108 valence electrons. The van der Waals surface area contributed by atoms with E-state index in [0.717, 1.165) is 16.8 Å². The molecule has 2 aromatic carbocycles. The number of benzene rings is 2. The molecule has 1 atom stereocenters. The van der Waals surface area contributed by atoms with Gasteiger partial charge in [-0.05, 0) is 36.6 Å². The Morgan fingerprint density at radius 1 is 1.14 bits per heavy atom. The summed E-state index contributed by atoms with van der Waals surface area (Å²) in [6.45, 7) is 4.17. The van der Waals surface area contributed by atoms with Gasteiger partial charge >= 0.3 is 0 Å². The summed E-state index contributed by atoms with van der Waals surface area (Å²) >= 11 is 10.1. The van der Waals surface area contributed by atoms with Crippen LogP contribution < -0.4 is 5.32 Å². The number of amides is 1. The van der Waals surface area contributed by atoms with E-state index in [1.807, 2.05) is 12.1 Å². The second-order valence-electron chi connectivity index (χ2n) is 5.54. The molecule has 1 aliphatic heterocycles. The predicted octanol–water partition coefficient (Wildman–Crippen LogP) is 4.94. The molecule has 0 fully saturated rings. The number of fused-ring (bicyclic) bond motifs is 1. The monoisotopic (exact) mass is 363 g/mol. The minimum Gasteiger partial charge on any atom is -0.325 e. The number of aryl methyl sites for hydroxylation is 2. The van der Waals surface area contributed by atoms with Crippen LogP contribution in [0.4, 0.5) is 5.69 Å². The maximum absolute atomic E-state index is 11.5. The van der Waals surface area contributed by atoms with Gasteiger partial charge in [-0.25, -0.2) is 0 Å². The van der Waals surface area contributed by atoms with Crippen LogP contribution in [-0.4, -0.2) is 5.91 Å². The van der Waals surface area contributed by atoms with Crippen molar-refractivity contribution in [2.75, 3.05) is 5.32 Å². The smallest absolute Gasteiger partial charge is 0.228 e. The highest BCUT2D eigenvalue weighted by Crippen LogP contribution is 2.39. The number of carbonyl (C=O) groups is 1. The van der Waals surface area contributed by atoms with E-state index in [2.05, 4.69) is 53.3 Å². The highest BCUT2D eigenvalue weighted by molar-refractivity contribution is 9.09. The van der Waals surface area contributed by atoms with Gasteiger partial charge < -0.3 is 5.32 Å². The Morgan fingerprint density at radius 3 is 2.48 bits per heavy atom. The van der Waals surface area contributed by atoms with Crippen LogP contribution in [0.2, 0.25) is 5.02 Å². The van der Waals surface area contributed by atoms with E-state index in [4.69, 9.17) is 11.6 Å². The first-order chi connectivity index (χ1) is 9.94. The Bertz CT molecular complexity index is 722. The predicted molar refractivity (Wildman–Crippen MR) is 90.5 cm³/mol. The largest absolute Gasteiger partial charge is 0.325 e. The number of nitrogens with one attached hydrogen (secondary N) is 1. The first kappa shape index (κ1) is 14.6. The molecule has 1 heterocycles. The maximum Gasteiger partial charge on any atom is 0.228 e. The Morgan fingerprint density at radius 2 is 1.81 bits per heavy atom. The molecule has 1 amide bonds. The van der Waals surface area contributed by atoms with Crippen molar-refractivity contribution in [1.82, 2.24) is 0 Å². The second kappa shape index (κ2) is 5.47. The number of hydrogen-bond acceptors (Lipinski definition) is 1. The molecule has 2 nitrogen and oxygen atoms in total. The summed E-state index contributed by atoms with van der Waals surface area (Å²) in [5, 5.41) is 3.49. The fourth-order valence-corrected chi connectivity index (χ4v) is 3.84. The van der Waals surface area contributed by atoms with Gasteiger partial charge in [0.15, 0.2) is 0 Å². The molecule has 1 aliphatic rings. The van der Waals surface area contributed by atoms with Gasteiger partial charge in [-0.3, -0.25) is 4.79 Å². The maximum atomic E-state index is 11.5. The van der Waals surface area contributed by atoms with Gasteiger partial charge in [0.05, 0.1) is 11.2 Å². The van der Waals surface area contributed by atoms with Crippen LogP contribution in [0.15, 0.2) is 30.3 Å². The lowest BCUT2D eigenvalue weighted by atomic mass is 9.98. The summed E-state index contributed by atoms with van der Waals surface area (Å²) in [6.07, 6.45) is 0.423. The normalized spacial score (nSPS) is 14.8. The summed E-state index contributed by atoms with van der Waals surface area (Å²) in [7, 11) is 0.